The fraction of sp³-hybridized carbons (Fsp3) is 0.480. The van der Waals surface area contributed by atoms with Gasteiger partial charge in [-0.2, -0.15) is 13.2 Å². The molecule has 0 fully saturated rings. The third kappa shape index (κ3) is 7.40. The van der Waals surface area contributed by atoms with E-state index in [1.807, 2.05) is 0 Å². The molecule has 0 saturated carbocycles. The Kier molecular flexibility index (Phi) is 8.42. The summed E-state index contributed by atoms with van der Waals surface area (Å²) in [6.07, 6.45) is -5.84. The van der Waals surface area contributed by atoms with Crippen LogP contribution >= 0.6 is 0 Å². The van der Waals surface area contributed by atoms with E-state index in [1.165, 1.54) is 19.1 Å². The third-order valence-corrected chi connectivity index (χ3v) is 9.18. The first-order valence-electron chi connectivity index (χ1n) is 11.8. The molecule has 0 amide bonds. The fourth-order valence-corrected chi connectivity index (χ4v) is 6.26. The van der Waals surface area contributed by atoms with E-state index in [0.29, 0.717) is 11.6 Å². The van der Waals surface area contributed by atoms with Crippen molar-refractivity contribution >= 4 is 31.5 Å². The van der Waals surface area contributed by atoms with Crippen LogP contribution in [0, 0.1) is 0 Å². The molecule has 0 radical (unpaired) electrons. The quantitative estimate of drug-likeness (QED) is 0.429. The van der Waals surface area contributed by atoms with Crippen molar-refractivity contribution in [1.82, 2.24) is 0 Å². The predicted octanol–water partition coefficient (Wildman–Crippen LogP) is 4.37. The van der Waals surface area contributed by atoms with Crippen LogP contribution in [-0.2, 0) is 42.0 Å². The number of halogens is 3. The van der Waals surface area contributed by atoms with Crippen LogP contribution in [0.4, 0.5) is 18.9 Å². The molecule has 1 aliphatic rings. The lowest BCUT2D eigenvalue weighted by molar-refractivity contribution is -0.153. The van der Waals surface area contributed by atoms with Crippen molar-refractivity contribution in [1.29, 1.82) is 0 Å². The number of sulfone groups is 1. The summed E-state index contributed by atoms with van der Waals surface area (Å²) in [7, 11) is -7.92. The Bertz CT molecular complexity index is 1400. The van der Waals surface area contributed by atoms with Gasteiger partial charge in [-0.05, 0) is 63.1 Å². The number of carbonyl (C=O) groups is 1. The Hall–Kier alpha value is -2.80. The van der Waals surface area contributed by atoms with Crippen LogP contribution in [-0.4, -0.2) is 52.6 Å². The number of nitrogens with zero attached hydrogens (tertiary/aromatic N) is 1. The zero-order valence-corrected chi connectivity index (χ0v) is 23.0. The number of ether oxygens (including phenoxy) is 2. The van der Waals surface area contributed by atoms with Crippen molar-refractivity contribution in [3.05, 3.63) is 53.6 Å². The maximum absolute atomic E-state index is 13.6. The van der Waals surface area contributed by atoms with E-state index >= 15 is 0 Å². The van der Waals surface area contributed by atoms with Crippen LogP contribution in [0.5, 0.6) is 5.75 Å². The summed E-state index contributed by atoms with van der Waals surface area (Å²) in [6.45, 7) is 6.26. The summed E-state index contributed by atoms with van der Waals surface area (Å²) < 4.78 is 103. The number of hydrogen-bond acceptors (Lipinski definition) is 7. The first kappa shape index (κ1) is 29.8. The van der Waals surface area contributed by atoms with E-state index in [-0.39, 0.29) is 42.3 Å². The Morgan fingerprint density at radius 1 is 1.08 bits per heavy atom. The third-order valence-electron chi connectivity index (χ3n) is 5.66. The molecule has 0 saturated heterocycles. The second-order valence-electron chi connectivity index (χ2n) is 9.89. The van der Waals surface area contributed by atoms with Gasteiger partial charge in [-0.15, -0.1) is 0 Å². The average Bonchev–Trinajstić information content (AvgIpc) is 2.80. The zero-order chi connectivity index (χ0) is 28.5. The number of anilines is 1. The lowest BCUT2D eigenvalue weighted by atomic mass is 10.1. The zero-order valence-electron chi connectivity index (χ0n) is 21.4. The Balaban J connectivity index is 2.03. The monoisotopic (exact) mass is 577 g/mol. The number of hydrogen-bond donors (Lipinski definition) is 0. The van der Waals surface area contributed by atoms with Gasteiger partial charge in [-0.25, -0.2) is 16.8 Å². The summed E-state index contributed by atoms with van der Waals surface area (Å²) in [6, 6.07) is 7.77. The summed E-state index contributed by atoms with van der Waals surface area (Å²) in [5.74, 6) is -0.809. The second-order valence-corrected chi connectivity index (χ2v) is 14.2. The second kappa shape index (κ2) is 10.8. The van der Waals surface area contributed by atoms with Gasteiger partial charge in [0.1, 0.15) is 27.3 Å². The summed E-state index contributed by atoms with van der Waals surface area (Å²) in [4.78, 5) is 11.8. The molecule has 3 rings (SSSR count). The first-order chi connectivity index (χ1) is 17.4. The van der Waals surface area contributed by atoms with Gasteiger partial charge in [0.25, 0.3) is 10.0 Å². The van der Waals surface area contributed by atoms with Crippen molar-refractivity contribution in [2.45, 2.75) is 63.3 Å². The SMILES string of the molecule is CCS(=O)(=O)CC[C@H]1CN(S(=O)(=O)c2cccc(C(F)(F)F)c2)c2cc(CC(=O)OC(C)(C)C)ccc2O1. The van der Waals surface area contributed by atoms with Crippen LogP contribution in [0.2, 0.25) is 0 Å². The molecule has 0 unspecified atom stereocenters. The smallest absolute Gasteiger partial charge is 0.416 e. The molecule has 1 heterocycles. The molecular weight excluding hydrogens is 547 g/mol. The number of sulfonamides is 1. The number of fused-ring (bicyclic) bond motifs is 1. The fourth-order valence-electron chi connectivity index (χ4n) is 3.81. The maximum Gasteiger partial charge on any atom is 0.416 e. The van der Waals surface area contributed by atoms with Crippen LogP contribution < -0.4 is 9.04 Å². The molecule has 1 atom stereocenters. The van der Waals surface area contributed by atoms with Crippen molar-refractivity contribution in [2.24, 2.45) is 0 Å². The number of esters is 1. The molecule has 0 spiro atoms. The highest BCUT2D eigenvalue weighted by Gasteiger charge is 2.37. The number of alkyl halides is 3. The molecule has 8 nitrogen and oxygen atoms in total. The minimum atomic E-state index is -4.76. The average molecular weight is 578 g/mol. The van der Waals surface area contributed by atoms with E-state index in [2.05, 4.69) is 0 Å². The molecule has 210 valence electrons. The van der Waals surface area contributed by atoms with Gasteiger partial charge in [0.05, 0.1) is 34.9 Å². The molecule has 0 bridgehead atoms. The van der Waals surface area contributed by atoms with E-state index in [1.54, 1.807) is 26.8 Å². The Labute approximate surface area is 220 Å². The van der Waals surface area contributed by atoms with E-state index in [9.17, 15) is 34.8 Å². The minimum Gasteiger partial charge on any atom is -0.486 e. The standard InChI is InChI=1S/C25H30F3NO7S2/c1-5-37(31,32)12-11-19-16-29(38(33,34)20-8-6-7-18(15-20)25(26,27)28)21-13-17(9-10-22(21)35-19)14-23(30)36-24(2,3)4/h6-10,13,15,19H,5,11-12,14,16H2,1-4H3/t19-/m0/s1. The Morgan fingerprint density at radius 2 is 1.76 bits per heavy atom. The van der Waals surface area contributed by atoms with Crippen LogP contribution in [0.3, 0.4) is 0 Å². The summed E-state index contributed by atoms with van der Waals surface area (Å²) in [5.41, 5.74) is -1.44. The minimum absolute atomic E-state index is 0.0239. The van der Waals surface area contributed by atoms with E-state index in [0.717, 1.165) is 22.5 Å². The van der Waals surface area contributed by atoms with Gasteiger partial charge in [0, 0.05) is 5.75 Å². The lowest BCUT2D eigenvalue weighted by Gasteiger charge is -2.36. The van der Waals surface area contributed by atoms with Gasteiger partial charge < -0.3 is 9.47 Å². The van der Waals surface area contributed by atoms with Crippen molar-refractivity contribution in [3.63, 3.8) is 0 Å². The molecule has 0 aliphatic carbocycles. The molecular formula is C25H30F3NO7S2. The van der Waals surface area contributed by atoms with Crippen LogP contribution in [0.15, 0.2) is 47.4 Å². The van der Waals surface area contributed by atoms with E-state index in [4.69, 9.17) is 9.47 Å². The largest absolute Gasteiger partial charge is 0.486 e. The normalized spacial score (nSPS) is 16.5. The first-order valence-corrected chi connectivity index (χ1v) is 15.1. The van der Waals surface area contributed by atoms with Crippen LogP contribution in [0.1, 0.15) is 45.2 Å². The number of rotatable bonds is 8. The van der Waals surface area contributed by atoms with Gasteiger partial charge in [-0.1, -0.05) is 19.1 Å². The molecule has 0 aromatic heterocycles. The predicted molar refractivity (Wildman–Crippen MR) is 135 cm³/mol. The van der Waals surface area contributed by atoms with Crippen molar-refractivity contribution in [3.8, 4) is 5.75 Å². The molecule has 2 aromatic carbocycles. The molecule has 1 aliphatic heterocycles. The topological polar surface area (TPSA) is 107 Å². The molecule has 0 N–H and O–H groups in total. The highest BCUT2D eigenvalue weighted by Crippen LogP contribution is 2.39. The van der Waals surface area contributed by atoms with Gasteiger partial charge in [-0.3, -0.25) is 9.10 Å². The van der Waals surface area contributed by atoms with E-state index < -0.39 is 54.2 Å². The summed E-state index contributed by atoms with van der Waals surface area (Å²) in [5, 5.41) is 0. The number of benzene rings is 2. The molecule has 38 heavy (non-hydrogen) atoms. The molecule has 2 aromatic rings. The van der Waals surface area contributed by atoms with Gasteiger partial charge in [0.15, 0.2) is 0 Å². The van der Waals surface area contributed by atoms with Crippen molar-refractivity contribution < 1.29 is 44.3 Å². The summed E-state index contributed by atoms with van der Waals surface area (Å²) >= 11 is 0. The lowest BCUT2D eigenvalue weighted by Crippen LogP contribution is -2.44. The highest BCUT2D eigenvalue weighted by molar-refractivity contribution is 7.93. The van der Waals surface area contributed by atoms with Gasteiger partial charge in [0.2, 0.25) is 0 Å². The molecule has 13 heteroatoms. The Morgan fingerprint density at radius 3 is 2.37 bits per heavy atom. The van der Waals surface area contributed by atoms with Crippen molar-refractivity contribution in [2.75, 3.05) is 22.4 Å². The van der Waals surface area contributed by atoms with Crippen LogP contribution in [0.25, 0.3) is 0 Å². The van der Waals surface area contributed by atoms with Gasteiger partial charge >= 0.3 is 12.1 Å². The maximum atomic E-state index is 13.6. The highest BCUT2D eigenvalue weighted by atomic mass is 32.2. The number of carbonyl (C=O) groups excluding carboxylic acids is 1.